The molecule has 7 heteroatoms. The largest absolute Gasteiger partial charge is 0.384 e. The number of halogens is 1. The Morgan fingerprint density at radius 2 is 2.18 bits per heavy atom. The summed E-state index contributed by atoms with van der Waals surface area (Å²) in [6.45, 7) is 3.75. The molecule has 1 fully saturated rings. The van der Waals surface area contributed by atoms with Gasteiger partial charge in [0.05, 0.1) is 5.75 Å². The van der Waals surface area contributed by atoms with Gasteiger partial charge in [-0.15, -0.1) is 12.4 Å². The van der Waals surface area contributed by atoms with E-state index in [2.05, 4.69) is 28.4 Å². The molecule has 1 atom stereocenters. The van der Waals surface area contributed by atoms with Crippen molar-refractivity contribution in [3.63, 3.8) is 0 Å². The van der Waals surface area contributed by atoms with Gasteiger partial charge in [0.15, 0.2) is 0 Å². The van der Waals surface area contributed by atoms with Crippen LogP contribution in [0.5, 0.6) is 0 Å². The molecule has 5 nitrogen and oxygen atoms in total. The molecule has 22 heavy (non-hydrogen) atoms. The number of nitrogens with two attached hydrogens (primary N) is 1. The lowest BCUT2D eigenvalue weighted by Crippen LogP contribution is -2.38. The lowest BCUT2D eigenvalue weighted by molar-refractivity contribution is 0.178. The van der Waals surface area contributed by atoms with Gasteiger partial charge in [-0.3, -0.25) is 4.90 Å². The lowest BCUT2D eigenvalue weighted by Gasteiger charge is -2.32. The van der Waals surface area contributed by atoms with Gasteiger partial charge in [-0.05, 0) is 42.9 Å². The molecule has 0 aliphatic carbocycles. The average molecular weight is 346 g/mol. The van der Waals surface area contributed by atoms with Crippen molar-refractivity contribution < 1.29 is 8.42 Å². The van der Waals surface area contributed by atoms with Crippen LogP contribution in [-0.2, 0) is 23.0 Å². The summed E-state index contributed by atoms with van der Waals surface area (Å²) >= 11 is 0. The monoisotopic (exact) mass is 345 g/mol. The summed E-state index contributed by atoms with van der Waals surface area (Å²) in [5.41, 5.74) is 4.00. The van der Waals surface area contributed by atoms with Crippen LogP contribution in [0.15, 0.2) is 18.2 Å². The Hall–Kier alpha value is -0.820. The summed E-state index contributed by atoms with van der Waals surface area (Å²) in [4.78, 5) is 2.36. The lowest BCUT2D eigenvalue weighted by atomic mass is 9.99. The van der Waals surface area contributed by atoms with Gasteiger partial charge in [-0.25, -0.2) is 13.6 Å². The van der Waals surface area contributed by atoms with Gasteiger partial charge < -0.3 is 5.32 Å². The van der Waals surface area contributed by atoms with E-state index in [0.717, 1.165) is 45.4 Å². The number of nitrogens with one attached hydrogen (secondary N) is 1. The molecule has 0 amide bonds. The van der Waals surface area contributed by atoms with Crippen molar-refractivity contribution in [3.8, 4) is 0 Å². The fraction of sp³-hybridized carbons (Fsp3) is 0.600. The highest BCUT2D eigenvalue weighted by atomic mass is 35.5. The molecule has 0 radical (unpaired) electrons. The van der Waals surface area contributed by atoms with Gasteiger partial charge in [0.1, 0.15) is 0 Å². The van der Waals surface area contributed by atoms with Crippen molar-refractivity contribution in [1.29, 1.82) is 0 Å². The Balaban J connectivity index is 0.00000176. The molecule has 0 aromatic heterocycles. The highest BCUT2D eigenvalue weighted by molar-refractivity contribution is 7.89. The van der Waals surface area contributed by atoms with Crippen molar-refractivity contribution in [2.24, 2.45) is 11.1 Å². The minimum Gasteiger partial charge on any atom is -0.384 e. The number of nitrogens with zero attached hydrogens (tertiary/aromatic N) is 1. The number of likely N-dealkylation sites (tertiary alicyclic amines) is 1. The van der Waals surface area contributed by atoms with Gasteiger partial charge in [-0.2, -0.15) is 0 Å². The van der Waals surface area contributed by atoms with Crippen LogP contribution in [0.3, 0.4) is 0 Å². The van der Waals surface area contributed by atoms with E-state index >= 15 is 0 Å². The van der Waals surface area contributed by atoms with E-state index in [-0.39, 0.29) is 24.1 Å². The van der Waals surface area contributed by atoms with E-state index < -0.39 is 10.0 Å². The summed E-state index contributed by atoms with van der Waals surface area (Å²) in [5, 5.41) is 8.65. The molecular formula is C15H24ClN3O2S. The van der Waals surface area contributed by atoms with E-state index in [4.69, 9.17) is 5.14 Å². The first kappa shape index (κ1) is 17.5. The Morgan fingerprint density at radius 1 is 1.36 bits per heavy atom. The molecule has 0 saturated carbocycles. The maximum Gasteiger partial charge on any atom is 0.209 e. The van der Waals surface area contributed by atoms with Crippen LogP contribution >= 0.6 is 12.4 Å². The average Bonchev–Trinajstić information content (AvgIpc) is 2.86. The fourth-order valence-corrected chi connectivity index (χ4v) is 4.47. The molecule has 1 aromatic carbocycles. The number of anilines is 1. The molecule has 3 N–H and O–H groups in total. The number of piperidine rings is 1. The molecule has 124 valence electrons. The quantitative estimate of drug-likeness (QED) is 0.868. The van der Waals surface area contributed by atoms with Crippen LogP contribution in [0, 0.1) is 5.92 Å². The van der Waals surface area contributed by atoms with Crippen LogP contribution in [0.2, 0.25) is 0 Å². The standard InChI is InChI=1S/C15H23N3O2S.ClH/c16-21(19,20)11-12-3-2-8-18(9-12)10-14-5-1-4-13-6-7-17-15(13)14;/h1,4-5,12,17H,2-3,6-11H2,(H2,16,19,20);1H. The zero-order chi connectivity index (χ0) is 14.9. The SMILES string of the molecule is Cl.NS(=O)(=O)CC1CCCN(Cc2cccc3c2NCC3)C1. The minimum absolute atomic E-state index is 0. The van der Waals surface area contributed by atoms with Crippen molar-refractivity contribution in [3.05, 3.63) is 29.3 Å². The molecule has 1 saturated heterocycles. The Kier molecular flexibility index (Phi) is 5.71. The normalized spacial score (nSPS) is 21.8. The van der Waals surface area contributed by atoms with Crippen LogP contribution < -0.4 is 10.5 Å². The Labute approximate surface area is 138 Å². The number of fused-ring (bicyclic) bond motifs is 1. The third kappa shape index (κ3) is 4.35. The molecular weight excluding hydrogens is 322 g/mol. The topological polar surface area (TPSA) is 75.4 Å². The van der Waals surface area contributed by atoms with Gasteiger partial charge in [0.25, 0.3) is 0 Å². The zero-order valence-corrected chi connectivity index (χ0v) is 14.3. The molecule has 0 bridgehead atoms. The van der Waals surface area contributed by atoms with Crippen LogP contribution in [0.1, 0.15) is 24.0 Å². The van der Waals surface area contributed by atoms with E-state index in [1.165, 1.54) is 16.8 Å². The maximum atomic E-state index is 11.3. The third-order valence-electron chi connectivity index (χ3n) is 4.40. The van der Waals surface area contributed by atoms with Crippen LogP contribution in [-0.4, -0.2) is 38.7 Å². The maximum absolute atomic E-state index is 11.3. The zero-order valence-electron chi connectivity index (χ0n) is 12.6. The smallest absolute Gasteiger partial charge is 0.209 e. The summed E-state index contributed by atoms with van der Waals surface area (Å²) in [6, 6.07) is 6.46. The second kappa shape index (κ2) is 7.17. The number of para-hydroxylation sites is 1. The van der Waals surface area contributed by atoms with Gasteiger partial charge in [0.2, 0.25) is 10.0 Å². The summed E-state index contributed by atoms with van der Waals surface area (Å²) < 4.78 is 22.5. The second-order valence-electron chi connectivity index (χ2n) is 6.20. The van der Waals surface area contributed by atoms with E-state index in [0.29, 0.717) is 0 Å². The minimum atomic E-state index is -3.37. The summed E-state index contributed by atoms with van der Waals surface area (Å²) in [6.07, 6.45) is 3.10. The highest BCUT2D eigenvalue weighted by Crippen LogP contribution is 2.28. The molecule has 2 aliphatic heterocycles. The Bertz CT molecular complexity index is 621. The fourth-order valence-electron chi connectivity index (χ4n) is 3.54. The number of rotatable bonds is 4. The van der Waals surface area contributed by atoms with Gasteiger partial charge in [0, 0.05) is 25.3 Å². The van der Waals surface area contributed by atoms with Crippen LogP contribution in [0.25, 0.3) is 0 Å². The van der Waals surface area contributed by atoms with Gasteiger partial charge in [-0.1, -0.05) is 18.2 Å². The first-order valence-corrected chi connectivity index (χ1v) is 9.30. The molecule has 3 rings (SSSR count). The number of hydrogen-bond acceptors (Lipinski definition) is 4. The van der Waals surface area contributed by atoms with E-state index in [1.807, 2.05) is 0 Å². The van der Waals surface area contributed by atoms with E-state index in [1.54, 1.807) is 0 Å². The third-order valence-corrected chi connectivity index (χ3v) is 5.33. The first-order chi connectivity index (χ1) is 10.0. The van der Waals surface area contributed by atoms with E-state index in [9.17, 15) is 8.42 Å². The number of hydrogen-bond donors (Lipinski definition) is 2. The van der Waals surface area contributed by atoms with Crippen molar-refractivity contribution in [2.45, 2.75) is 25.8 Å². The second-order valence-corrected chi connectivity index (χ2v) is 7.86. The van der Waals surface area contributed by atoms with Crippen molar-refractivity contribution in [1.82, 2.24) is 4.90 Å². The molecule has 2 aliphatic rings. The summed E-state index contributed by atoms with van der Waals surface area (Å²) in [7, 11) is -3.37. The molecule has 0 spiro atoms. The van der Waals surface area contributed by atoms with Crippen molar-refractivity contribution >= 4 is 28.1 Å². The molecule has 2 heterocycles. The molecule has 1 unspecified atom stereocenters. The Morgan fingerprint density at radius 3 is 2.95 bits per heavy atom. The number of benzene rings is 1. The highest BCUT2D eigenvalue weighted by Gasteiger charge is 2.24. The predicted octanol–water partition coefficient (Wildman–Crippen LogP) is 1.58. The molecule has 1 aromatic rings. The predicted molar refractivity (Wildman–Crippen MR) is 91.9 cm³/mol. The number of primary sulfonamides is 1. The summed E-state index contributed by atoms with van der Waals surface area (Å²) in [5.74, 6) is 0.271. The first-order valence-electron chi connectivity index (χ1n) is 7.59. The van der Waals surface area contributed by atoms with Gasteiger partial charge >= 0.3 is 0 Å². The number of sulfonamides is 1. The van der Waals surface area contributed by atoms with Crippen molar-refractivity contribution in [2.75, 3.05) is 30.7 Å². The van der Waals surface area contributed by atoms with Crippen LogP contribution in [0.4, 0.5) is 5.69 Å².